The van der Waals surface area contributed by atoms with Crippen LogP contribution in [0.1, 0.15) is 26.3 Å². The Morgan fingerprint density at radius 1 is 0.727 bits per heavy atom. The maximum atomic E-state index is 4.45. The van der Waals surface area contributed by atoms with Crippen molar-refractivity contribution in [1.29, 1.82) is 0 Å². The van der Waals surface area contributed by atoms with Crippen LogP contribution in [0.3, 0.4) is 0 Å². The number of rotatable bonds is 2. The second-order valence-electron chi connectivity index (χ2n) is 6.59. The second-order valence-corrected chi connectivity index (χ2v) is 6.59. The van der Waals surface area contributed by atoms with Crippen molar-refractivity contribution in [3.63, 3.8) is 0 Å². The highest BCUT2D eigenvalue weighted by molar-refractivity contribution is 5.74. The fraction of sp³-hybridized carbons (Fsp3) is 0.190. The Kier molecular flexibility index (Phi) is 3.81. The zero-order valence-electron chi connectivity index (χ0n) is 13.4. The van der Waals surface area contributed by atoms with Gasteiger partial charge in [0, 0.05) is 11.8 Å². The van der Waals surface area contributed by atoms with Crippen LogP contribution in [0, 0.1) is 0 Å². The molecule has 0 bridgehead atoms. The van der Waals surface area contributed by atoms with E-state index < -0.39 is 0 Å². The SMILES string of the molecule is CC(C)(C)c1ccccc1-c1cccc(-c2ccccn2)c1. The van der Waals surface area contributed by atoms with Crippen LogP contribution >= 0.6 is 0 Å². The Hall–Kier alpha value is -2.41. The normalized spacial score (nSPS) is 11.4. The summed E-state index contributed by atoms with van der Waals surface area (Å²) < 4.78 is 0. The van der Waals surface area contributed by atoms with E-state index >= 15 is 0 Å². The van der Waals surface area contributed by atoms with Crippen molar-refractivity contribution < 1.29 is 0 Å². The molecule has 0 atom stereocenters. The summed E-state index contributed by atoms with van der Waals surface area (Å²) >= 11 is 0. The van der Waals surface area contributed by atoms with Gasteiger partial charge in [0.25, 0.3) is 0 Å². The number of hydrogen-bond donors (Lipinski definition) is 0. The topological polar surface area (TPSA) is 12.9 Å². The third-order valence-corrected chi connectivity index (χ3v) is 3.87. The maximum Gasteiger partial charge on any atom is 0.0702 e. The number of nitrogens with zero attached hydrogens (tertiary/aromatic N) is 1. The molecule has 0 aliphatic carbocycles. The lowest BCUT2D eigenvalue weighted by molar-refractivity contribution is 0.592. The first-order valence-corrected chi connectivity index (χ1v) is 7.67. The van der Waals surface area contributed by atoms with Crippen molar-refractivity contribution in [3.05, 3.63) is 78.5 Å². The molecule has 22 heavy (non-hydrogen) atoms. The summed E-state index contributed by atoms with van der Waals surface area (Å²) in [4.78, 5) is 4.45. The fourth-order valence-corrected chi connectivity index (χ4v) is 2.77. The Morgan fingerprint density at radius 3 is 2.18 bits per heavy atom. The molecule has 3 aromatic rings. The van der Waals surface area contributed by atoms with Gasteiger partial charge in [0.2, 0.25) is 0 Å². The summed E-state index contributed by atoms with van der Waals surface area (Å²) in [6.07, 6.45) is 1.84. The van der Waals surface area contributed by atoms with Gasteiger partial charge >= 0.3 is 0 Å². The average Bonchev–Trinajstić information content (AvgIpc) is 2.55. The molecule has 1 aromatic heterocycles. The molecule has 2 aromatic carbocycles. The molecule has 1 nitrogen and oxygen atoms in total. The van der Waals surface area contributed by atoms with Gasteiger partial charge in [0.05, 0.1) is 5.69 Å². The van der Waals surface area contributed by atoms with Crippen molar-refractivity contribution >= 4 is 0 Å². The van der Waals surface area contributed by atoms with Gasteiger partial charge in [0.1, 0.15) is 0 Å². The fourth-order valence-electron chi connectivity index (χ4n) is 2.77. The van der Waals surface area contributed by atoms with Gasteiger partial charge in [-0.05, 0) is 40.3 Å². The summed E-state index contributed by atoms with van der Waals surface area (Å²) in [5, 5.41) is 0. The molecule has 0 amide bonds. The molecule has 0 radical (unpaired) electrons. The molecule has 0 aliphatic rings. The quantitative estimate of drug-likeness (QED) is 0.588. The molecular formula is C21H21N. The van der Waals surface area contributed by atoms with E-state index in [4.69, 9.17) is 0 Å². The molecule has 0 saturated heterocycles. The highest BCUT2D eigenvalue weighted by Crippen LogP contribution is 2.34. The number of aromatic nitrogens is 1. The summed E-state index contributed by atoms with van der Waals surface area (Å²) in [5.41, 5.74) is 6.20. The van der Waals surface area contributed by atoms with Gasteiger partial charge in [-0.25, -0.2) is 0 Å². The van der Waals surface area contributed by atoms with Gasteiger partial charge in [-0.3, -0.25) is 4.98 Å². The minimum absolute atomic E-state index is 0.123. The van der Waals surface area contributed by atoms with Crippen LogP contribution < -0.4 is 0 Å². The molecule has 1 heterocycles. The van der Waals surface area contributed by atoms with Crippen LogP contribution in [0.25, 0.3) is 22.4 Å². The van der Waals surface area contributed by atoms with Crippen LogP contribution in [0.2, 0.25) is 0 Å². The first-order valence-electron chi connectivity index (χ1n) is 7.67. The third kappa shape index (κ3) is 2.94. The minimum Gasteiger partial charge on any atom is -0.256 e. The molecule has 3 rings (SSSR count). The molecule has 1 heteroatoms. The molecule has 0 unspecified atom stereocenters. The zero-order chi connectivity index (χ0) is 15.6. The lowest BCUT2D eigenvalue weighted by Crippen LogP contribution is -2.12. The van der Waals surface area contributed by atoms with Gasteiger partial charge in [-0.1, -0.05) is 69.3 Å². The van der Waals surface area contributed by atoms with E-state index in [1.54, 1.807) is 0 Å². The van der Waals surface area contributed by atoms with Gasteiger partial charge in [0.15, 0.2) is 0 Å². The molecule has 0 N–H and O–H groups in total. The van der Waals surface area contributed by atoms with Crippen molar-refractivity contribution in [3.8, 4) is 22.4 Å². The highest BCUT2D eigenvalue weighted by Gasteiger charge is 2.18. The van der Waals surface area contributed by atoms with E-state index in [-0.39, 0.29) is 5.41 Å². The summed E-state index contributed by atoms with van der Waals surface area (Å²) in [7, 11) is 0. The average molecular weight is 287 g/mol. The Labute approximate surface area is 132 Å². The van der Waals surface area contributed by atoms with Gasteiger partial charge in [-0.15, -0.1) is 0 Å². The van der Waals surface area contributed by atoms with E-state index in [1.165, 1.54) is 16.7 Å². The molecule has 110 valence electrons. The lowest BCUT2D eigenvalue weighted by atomic mass is 9.81. The van der Waals surface area contributed by atoms with Crippen LogP contribution in [0.15, 0.2) is 72.9 Å². The zero-order valence-corrected chi connectivity index (χ0v) is 13.4. The van der Waals surface area contributed by atoms with Gasteiger partial charge < -0.3 is 0 Å². The molecule has 0 spiro atoms. The lowest BCUT2D eigenvalue weighted by Gasteiger charge is -2.23. The highest BCUT2D eigenvalue weighted by atomic mass is 14.7. The minimum atomic E-state index is 0.123. The van der Waals surface area contributed by atoms with Crippen LogP contribution in [-0.4, -0.2) is 4.98 Å². The molecule has 0 aliphatic heterocycles. The summed E-state index contributed by atoms with van der Waals surface area (Å²) in [6.45, 7) is 6.78. The third-order valence-electron chi connectivity index (χ3n) is 3.87. The number of hydrogen-bond acceptors (Lipinski definition) is 1. The van der Waals surface area contributed by atoms with Crippen molar-refractivity contribution in [2.75, 3.05) is 0 Å². The number of pyridine rings is 1. The Balaban J connectivity index is 2.11. The predicted molar refractivity (Wildman–Crippen MR) is 93.8 cm³/mol. The summed E-state index contributed by atoms with van der Waals surface area (Å²) in [6, 6.07) is 23.3. The molecule has 0 saturated carbocycles. The largest absolute Gasteiger partial charge is 0.256 e. The maximum absolute atomic E-state index is 4.45. The van der Waals surface area contributed by atoms with E-state index in [0.29, 0.717) is 0 Å². The van der Waals surface area contributed by atoms with Gasteiger partial charge in [-0.2, -0.15) is 0 Å². The van der Waals surface area contributed by atoms with Crippen LogP contribution in [0.4, 0.5) is 0 Å². The molecular weight excluding hydrogens is 266 g/mol. The van der Waals surface area contributed by atoms with E-state index in [2.05, 4.69) is 80.4 Å². The summed E-state index contributed by atoms with van der Waals surface area (Å²) in [5.74, 6) is 0. The van der Waals surface area contributed by atoms with Crippen LogP contribution in [0.5, 0.6) is 0 Å². The first-order chi connectivity index (χ1) is 10.6. The number of benzene rings is 2. The van der Waals surface area contributed by atoms with Crippen molar-refractivity contribution in [2.45, 2.75) is 26.2 Å². The van der Waals surface area contributed by atoms with Crippen molar-refractivity contribution in [2.24, 2.45) is 0 Å². The first kappa shape index (κ1) is 14.5. The van der Waals surface area contributed by atoms with Crippen LogP contribution in [-0.2, 0) is 5.41 Å². The van der Waals surface area contributed by atoms with E-state index in [9.17, 15) is 0 Å². The standard InChI is InChI=1S/C21H21N/c1-21(2,3)19-12-5-4-11-18(19)16-9-8-10-17(15-16)20-13-6-7-14-22-20/h4-15H,1-3H3. The Bertz CT molecular complexity index is 767. The predicted octanol–water partition coefficient (Wildman–Crippen LogP) is 5.71. The van der Waals surface area contributed by atoms with Crippen molar-refractivity contribution in [1.82, 2.24) is 4.98 Å². The molecule has 0 fully saturated rings. The van der Waals surface area contributed by atoms with E-state index in [1.807, 2.05) is 18.3 Å². The monoisotopic (exact) mass is 287 g/mol. The Morgan fingerprint density at radius 2 is 1.45 bits per heavy atom. The smallest absolute Gasteiger partial charge is 0.0702 e. The van der Waals surface area contributed by atoms with E-state index in [0.717, 1.165) is 11.3 Å². The second kappa shape index (κ2) is 5.76.